The standard InChI is InChI=1S/C14H22N2O3S/c1-10(2)7-16-13-5-4-11(6-14(13)18-3)20(15,17)12-8-19-9-12/h4-6,10,12,15-16H,7-9H2,1-3H3. The molecule has 1 atom stereocenters. The summed E-state index contributed by atoms with van der Waals surface area (Å²) in [6, 6.07) is 5.29. The van der Waals surface area contributed by atoms with Gasteiger partial charge in [0, 0.05) is 6.54 Å². The largest absolute Gasteiger partial charge is 0.495 e. The van der Waals surface area contributed by atoms with Gasteiger partial charge in [-0.3, -0.25) is 0 Å². The van der Waals surface area contributed by atoms with Crippen LogP contribution in [0.4, 0.5) is 5.69 Å². The van der Waals surface area contributed by atoms with Gasteiger partial charge in [-0.05, 0) is 24.1 Å². The maximum Gasteiger partial charge on any atom is 0.143 e. The molecule has 2 rings (SSSR count). The van der Waals surface area contributed by atoms with E-state index in [1.165, 1.54) is 0 Å². The van der Waals surface area contributed by atoms with E-state index in [2.05, 4.69) is 19.2 Å². The molecule has 1 aliphatic heterocycles. The Balaban J connectivity index is 2.24. The van der Waals surface area contributed by atoms with Crippen LogP contribution in [0.5, 0.6) is 5.75 Å². The van der Waals surface area contributed by atoms with E-state index in [4.69, 9.17) is 14.3 Å². The van der Waals surface area contributed by atoms with E-state index in [0.29, 0.717) is 29.8 Å². The van der Waals surface area contributed by atoms with Crippen molar-refractivity contribution in [3.8, 4) is 5.75 Å². The fourth-order valence-electron chi connectivity index (χ4n) is 1.92. The van der Waals surface area contributed by atoms with Gasteiger partial charge in [-0.2, -0.15) is 0 Å². The van der Waals surface area contributed by atoms with Gasteiger partial charge < -0.3 is 14.8 Å². The second-order valence-corrected chi connectivity index (χ2v) is 7.74. The molecule has 0 bridgehead atoms. The molecule has 0 amide bonds. The molecule has 6 heteroatoms. The Kier molecular flexibility index (Phi) is 4.55. The molecule has 0 radical (unpaired) electrons. The number of anilines is 1. The normalized spacial score (nSPS) is 18.4. The van der Waals surface area contributed by atoms with Gasteiger partial charge in [-0.1, -0.05) is 13.8 Å². The summed E-state index contributed by atoms with van der Waals surface area (Å²) in [5.74, 6) is 1.15. The smallest absolute Gasteiger partial charge is 0.143 e. The summed E-state index contributed by atoms with van der Waals surface area (Å²) in [5.41, 5.74) is 0.866. The molecule has 1 fully saturated rings. The van der Waals surface area contributed by atoms with Gasteiger partial charge in [0.2, 0.25) is 0 Å². The molecule has 1 aliphatic rings. The highest BCUT2D eigenvalue weighted by Crippen LogP contribution is 2.31. The van der Waals surface area contributed by atoms with Crippen molar-refractivity contribution in [3.63, 3.8) is 0 Å². The third kappa shape index (κ3) is 3.07. The molecule has 0 saturated carbocycles. The number of hydrogen-bond acceptors (Lipinski definition) is 5. The molecule has 0 aromatic heterocycles. The van der Waals surface area contributed by atoms with Crippen LogP contribution in [0.25, 0.3) is 0 Å². The predicted molar refractivity (Wildman–Crippen MR) is 80.1 cm³/mol. The Bertz CT molecular complexity index is 566. The highest BCUT2D eigenvalue weighted by molar-refractivity contribution is 7.93. The number of hydrogen-bond donors (Lipinski definition) is 2. The van der Waals surface area contributed by atoms with Gasteiger partial charge in [-0.25, -0.2) is 8.99 Å². The van der Waals surface area contributed by atoms with Crippen LogP contribution in [-0.2, 0) is 14.5 Å². The summed E-state index contributed by atoms with van der Waals surface area (Å²) in [5, 5.41) is 3.09. The predicted octanol–water partition coefficient (Wildman–Crippen LogP) is 2.57. The third-order valence-electron chi connectivity index (χ3n) is 3.30. The van der Waals surface area contributed by atoms with Crippen molar-refractivity contribution < 1.29 is 13.7 Å². The summed E-state index contributed by atoms with van der Waals surface area (Å²) in [6.45, 7) is 5.89. The lowest BCUT2D eigenvalue weighted by Gasteiger charge is -2.28. The van der Waals surface area contributed by atoms with Gasteiger partial charge in [0.05, 0.1) is 45.9 Å². The second-order valence-electron chi connectivity index (χ2n) is 5.40. The van der Waals surface area contributed by atoms with E-state index in [1.54, 1.807) is 19.2 Å². The highest BCUT2D eigenvalue weighted by atomic mass is 32.2. The van der Waals surface area contributed by atoms with E-state index in [9.17, 15) is 4.21 Å². The maximum atomic E-state index is 12.5. The summed E-state index contributed by atoms with van der Waals surface area (Å²) < 4.78 is 31.0. The number of methoxy groups -OCH3 is 1. The van der Waals surface area contributed by atoms with E-state index in [0.717, 1.165) is 12.2 Å². The van der Waals surface area contributed by atoms with Crippen molar-refractivity contribution >= 4 is 15.4 Å². The highest BCUT2D eigenvalue weighted by Gasteiger charge is 2.31. The lowest BCUT2D eigenvalue weighted by atomic mass is 10.2. The molecule has 1 unspecified atom stereocenters. The van der Waals surface area contributed by atoms with Crippen molar-refractivity contribution in [1.29, 1.82) is 4.78 Å². The second kappa shape index (κ2) is 6.01. The third-order valence-corrected chi connectivity index (χ3v) is 5.47. The summed E-state index contributed by atoms with van der Waals surface area (Å²) in [6.07, 6.45) is 0. The van der Waals surface area contributed by atoms with Crippen molar-refractivity contribution in [1.82, 2.24) is 0 Å². The summed E-state index contributed by atoms with van der Waals surface area (Å²) >= 11 is 0. The average Bonchev–Trinajstić information content (AvgIpc) is 2.33. The van der Waals surface area contributed by atoms with Crippen LogP contribution in [0.3, 0.4) is 0 Å². The Hall–Kier alpha value is -1.27. The molecule has 1 heterocycles. The van der Waals surface area contributed by atoms with Crippen LogP contribution in [0.1, 0.15) is 13.8 Å². The van der Waals surface area contributed by atoms with E-state index in [-0.39, 0.29) is 5.25 Å². The zero-order chi connectivity index (χ0) is 14.8. The molecule has 0 aliphatic carbocycles. The minimum atomic E-state index is -2.82. The molecular weight excluding hydrogens is 276 g/mol. The first-order valence-corrected chi connectivity index (χ1v) is 8.34. The Morgan fingerprint density at radius 3 is 2.70 bits per heavy atom. The van der Waals surface area contributed by atoms with Crippen molar-refractivity contribution in [2.45, 2.75) is 24.0 Å². The van der Waals surface area contributed by atoms with Gasteiger partial charge in [0.25, 0.3) is 0 Å². The molecular formula is C14H22N2O3S. The molecule has 1 aromatic rings. The van der Waals surface area contributed by atoms with Crippen LogP contribution in [0, 0.1) is 10.7 Å². The van der Waals surface area contributed by atoms with Crippen LogP contribution < -0.4 is 10.1 Å². The summed E-state index contributed by atoms with van der Waals surface area (Å²) in [7, 11) is -1.23. The van der Waals surface area contributed by atoms with E-state index in [1.807, 2.05) is 6.07 Å². The van der Waals surface area contributed by atoms with Crippen LogP contribution in [-0.4, -0.2) is 36.3 Å². The minimum absolute atomic E-state index is 0.207. The average molecular weight is 298 g/mol. The van der Waals surface area contributed by atoms with Gasteiger partial charge in [0.15, 0.2) is 0 Å². The Labute approximate surface area is 120 Å². The van der Waals surface area contributed by atoms with E-state index < -0.39 is 9.73 Å². The Morgan fingerprint density at radius 1 is 1.50 bits per heavy atom. The molecule has 112 valence electrons. The summed E-state index contributed by atoms with van der Waals surface area (Å²) in [4.78, 5) is 0.512. The van der Waals surface area contributed by atoms with Crippen LogP contribution in [0.2, 0.25) is 0 Å². The van der Waals surface area contributed by atoms with Gasteiger partial charge in [0.1, 0.15) is 5.75 Å². The fourth-order valence-corrected chi connectivity index (χ4v) is 3.43. The monoisotopic (exact) mass is 298 g/mol. The van der Waals surface area contributed by atoms with Gasteiger partial charge in [-0.15, -0.1) is 0 Å². The Morgan fingerprint density at radius 2 is 2.20 bits per heavy atom. The zero-order valence-corrected chi connectivity index (χ0v) is 13.0. The first kappa shape index (κ1) is 15.1. The molecule has 1 saturated heterocycles. The first-order valence-electron chi connectivity index (χ1n) is 6.72. The topological polar surface area (TPSA) is 71.4 Å². The zero-order valence-electron chi connectivity index (χ0n) is 12.1. The molecule has 20 heavy (non-hydrogen) atoms. The van der Waals surface area contributed by atoms with E-state index >= 15 is 0 Å². The maximum absolute atomic E-state index is 12.5. The first-order chi connectivity index (χ1) is 9.45. The SMILES string of the molecule is COc1cc(S(=N)(=O)C2COC2)ccc1NCC(C)C. The lowest BCUT2D eigenvalue weighted by molar-refractivity contribution is 0.0427. The number of nitrogens with one attached hydrogen (secondary N) is 2. The fraction of sp³-hybridized carbons (Fsp3) is 0.571. The van der Waals surface area contributed by atoms with Crippen molar-refractivity contribution in [3.05, 3.63) is 18.2 Å². The van der Waals surface area contributed by atoms with Gasteiger partial charge >= 0.3 is 0 Å². The molecule has 0 spiro atoms. The molecule has 1 aromatic carbocycles. The van der Waals surface area contributed by atoms with Crippen LogP contribution >= 0.6 is 0 Å². The van der Waals surface area contributed by atoms with Crippen molar-refractivity contribution in [2.75, 3.05) is 32.2 Å². The quantitative estimate of drug-likeness (QED) is 0.846. The van der Waals surface area contributed by atoms with Crippen LogP contribution in [0.15, 0.2) is 23.1 Å². The molecule has 2 N–H and O–H groups in total. The number of benzene rings is 1. The molecule has 5 nitrogen and oxygen atoms in total. The lowest BCUT2D eigenvalue weighted by Crippen LogP contribution is -2.40. The number of ether oxygens (including phenoxy) is 2. The number of rotatable bonds is 6. The minimum Gasteiger partial charge on any atom is -0.495 e. The van der Waals surface area contributed by atoms with Crippen molar-refractivity contribution in [2.24, 2.45) is 5.92 Å².